The molecular formula is C10H12N2O3S. The first-order chi connectivity index (χ1) is 7.58. The van der Waals surface area contributed by atoms with Crippen molar-refractivity contribution in [1.29, 1.82) is 0 Å². The highest BCUT2D eigenvalue weighted by molar-refractivity contribution is 8.00. The van der Waals surface area contributed by atoms with Gasteiger partial charge < -0.3 is 10.4 Å². The summed E-state index contributed by atoms with van der Waals surface area (Å²) < 4.78 is 0. The number of aromatic nitrogens is 1. The molecule has 1 heterocycles. The Labute approximate surface area is 97.3 Å². The zero-order chi connectivity index (χ0) is 12.0. The minimum atomic E-state index is -0.919. The van der Waals surface area contributed by atoms with Gasteiger partial charge in [0, 0.05) is 17.6 Å². The minimum absolute atomic E-state index is 0.0667. The molecule has 0 saturated carbocycles. The van der Waals surface area contributed by atoms with Gasteiger partial charge in [-0.25, -0.2) is 0 Å². The van der Waals surface area contributed by atoms with Crippen molar-refractivity contribution in [3.05, 3.63) is 24.0 Å². The molecule has 1 aromatic heterocycles. The number of amides is 1. The summed E-state index contributed by atoms with van der Waals surface area (Å²) in [6.07, 6.45) is 1.61. The first-order valence-electron chi connectivity index (χ1n) is 4.60. The second kappa shape index (κ2) is 6.12. The normalized spacial score (nSPS) is 9.81. The van der Waals surface area contributed by atoms with Crippen LogP contribution in [0.25, 0.3) is 0 Å². The number of aryl methyl sites for hydroxylation is 1. The van der Waals surface area contributed by atoms with Crippen LogP contribution in [0.5, 0.6) is 0 Å². The number of nitrogens with zero attached hydrogens (tertiary/aromatic N) is 1. The van der Waals surface area contributed by atoms with Crippen LogP contribution in [0.1, 0.15) is 5.69 Å². The van der Waals surface area contributed by atoms with Crippen molar-refractivity contribution in [2.45, 2.75) is 6.92 Å². The van der Waals surface area contributed by atoms with Crippen LogP contribution >= 0.6 is 11.8 Å². The SMILES string of the molecule is Cc1cc(NC(=O)CSCC(=O)O)ccn1. The monoisotopic (exact) mass is 240 g/mol. The lowest BCUT2D eigenvalue weighted by atomic mass is 10.3. The first-order valence-corrected chi connectivity index (χ1v) is 5.75. The fourth-order valence-corrected chi connectivity index (χ4v) is 1.59. The first kappa shape index (κ1) is 12.5. The van der Waals surface area contributed by atoms with Gasteiger partial charge in [-0.1, -0.05) is 0 Å². The van der Waals surface area contributed by atoms with Gasteiger partial charge in [-0.05, 0) is 19.1 Å². The molecule has 0 aromatic carbocycles. The molecule has 1 amide bonds. The number of anilines is 1. The fourth-order valence-electron chi connectivity index (χ4n) is 1.05. The van der Waals surface area contributed by atoms with Crippen LogP contribution in [0, 0.1) is 6.92 Å². The zero-order valence-electron chi connectivity index (χ0n) is 8.77. The van der Waals surface area contributed by atoms with Crippen molar-refractivity contribution in [2.75, 3.05) is 16.8 Å². The van der Waals surface area contributed by atoms with E-state index in [1.54, 1.807) is 18.3 Å². The van der Waals surface area contributed by atoms with Crippen LogP contribution in [0.3, 0.4) is 0 Å². The van der Waals surface area contributed by atoms with E-state index >= 15 is 0 Å². The van der Waals surface area contributed by atoms with Crippen LogP contribution in [-0.4, -0.2) is 33.5 Å². The molecule has 0 unspecified atom stereocenters. The summed E-state index contributed by atoms with van der Waals surface area (Å²) >= 11 is 1.07. The highest BCUT2D eigenvalue weighted by Crippen LogP contribution is 2.08. The summed E-state index contributed by atoms with van der Waals surface area (Å²) in [4.78, 5) is 25.6. The van der Waals surface area contributed by atoms with Gasteiger partial charge in [0.1, 0.15) is 0 Å². The summed E-state index contributed by atoms with van der Waals surface area (Å²) in [5.74, 6) is -1.06. The highest BCUT2D eigenvalue weighted by atomic mass is 32.2. The molecular weight excluding hydrogens is 228 g/mol. The lowest BCUT2D eigenvalue weighted by Gasteiger charge is -2.04. The third kappa shape index (κ3) is 4.79. The van der Waals surface area contributed by atoms with Gasteiger partial charge in [-0.2, -0.15) is 0 Å². The highest BCUT2D eigenvalue weighted by Gasteiger charge is 2.04. The molecule has 2 N–H and O–H groups in total. The molecule has 86 valence electrons. The third-order valence-corrected chi connectivity index (χ3v) is 2.56. The molecule has 0 aliphatic heterocycles. The topological polar surface area (TPSA) is 79.3 Å². The van der Waals surface area contributed by atoms with E-state index in [-0.39, 0.29) is 17.4 Å². The Morgan fingerprint density at radius 1 is 1.50 bits per heavy atom. The predicted molar refractivity (Wildman–Crippen MR) is 62.6 cm³/mol. The molecule has 0 atom stereocenters. The number of hydrogen-bond acceptors (Lipinski definition) is 4. The Morgan fingerprint density at radius 2 is 2.25 bits per heavy atom. The number of carboxylic acid groups (broad SMARTS) is 1. The van der Waals surface area contributed by atoms with Crippen molar-refractivity contribution in [2.24, 2.45) is 0 Å². The molecule has 0 radical (unpaired) electrons. The van der Waals surface area contributed by atoms with E-state index in [9.17, 15) is 9.59 Å². The number of hydrogen-bond donors (Lipinski definition) is 2. The van der Waals surface area contributed by atoms with Crippen LogP contribution in [0.4, 0.5) is 5.69 Å². The van der Waals surface area contributed by atoms with Gasteiger partial charge in [0.2, 0.25) is 5.91 Å². The van der Waals surface area contributed by atoms with E-state index in [0.29, 0.717) is 5.69 Å². The summed E-state index contributed by atoms with van der Waals surface area (Å²) in [5, 5.41) is 11.1. The van der Waals surface area contributed by atoms with Gasteiger partial charge >= 0.3 is 5.97 Å². The zero-order valence-corrected chi connectivity index (χ0v) is 9.58. The number of nitrogens with one attached hydrogen (secondary N) is 1. The molecule has 0 aliphatic carbocycles. The van der Waals surface area contributed by atoms with Crippen LogP contribution in [0.15, 0.2) is 18.3 Å². The average molecular weight is 240 g/mol. The van der Waals surface area contributed by atoms with E-state index in [2.05, 4.69) is 10.3 Å². The molecule has 0 saturated heterocycles. The van der Waals surface area contributed by atoms with Crippen molar-refractivity contribution in [1.82, 2.24) is 4.98 Å². The molecule has 5 nitrogen and oxygen atoms in total. The number of rotatable bonds is 5. The lowest BCUT2D eigenvalue weighted by molar-refractivity contribution is -0.133. The minimum Gasteiger partial charge on any atom is -0.481 e. The Balaban J connectivity index is 2.37. The van der Waals surface area contributed by atoms with Crippen molar-refractivity contribution < 1.29 is 14.7 Å². The molecule has 0 spiro atoms. The standard InChI is InChI=1S/C10H12N2O3S/c1-7-4-8(2-3-11-7)12-9(13)5-16-6-10(14)15/h2-4H,5-6H2,1H3,(H,14,15)(H,11,12,13). The van der Waals surface area contributed by atoms with Gasteiger partial charge in [0.05, 0.1) is 11.5 Å². The Kier molecular flexibility index (Phi) is 4.78. The summed E-state index contributed by atoms with van der Waals surface area (Å²) in [6.45, 7) is 1.83. The molecule has 0 bridgehead atoms. The molecule has 16 heavy (non-hydrogen) atoms. The van der Waals surface area contributed by atoms with Crippen molar-refractivity contribution in [3.63, 3.8) is 0 Å². The van der Waals surface area contributed by atoms with Gasteiger partial charge in [-0.15, -0.1) is 11.8 Å². The van der Waals surface area contributed by atoms with E-state index < -0.39 is 5.97 Å². The lowest BCUT2D eigenvalue weighted by Crippen LogP contribution is -2.15. The second-order valence-electron chi connectivity index (χ2n) is 3.12. The third-order valence-electron chi connectivity index (χ3n) is 1.64. The number of thioether (sulfide) groups is 1. The number of pyridine rings is 1. The number of carbonyl (C=O) groups is 2. The van der Waals surface area contributed by atoms with E-state index in [1.807, 2.05) is 6.92 Å². The summed E-state index contributed by atoms with van der Waals surface area (Å²) in [7, 11) is 0. The predicted octanol–water partition coefficient (Wildman–Crippen LogP) is 1.15. The fraction of sp³-hybridized carbons (Fsp3) is 0.300. The van der Waals surface area contributed by atoms with Crippen molar-refractivity contribution >= 4 is 29.3 Å². The van der Waals surface area contributed by atoms with E-state index in [4.69, 9.17) is 5.11 Å². The smallest absolute Gasteiger partial charge is 0.313 e. The maximum absolute atomic E-state index is 11.4. The Morgan fingerprint density at radius 3 is 2.88 bits per heavy atom. The number of carbonyl (C=O) groups excluding carboxylic acids is 1. The quantitative estimate of drug-likeness (QED) is 0.807. The number of aliphatic carboxylic acids is 1. The average Bonchev–Trinajstić information content (AvgIpc) is 2.16. The molecule has 0 fully saturated rings. The van der Waals surface area contributed by atoms with Crippen LogP contribution in [-0.2, 0) is 9.59 Å². The molecule has 1 aromatic rings. The maximum atomic E-state index is 11.4. The van der Waals surface area contributed by atoms with Crippen molar-refractivity contribution in [3.8, 4) is 0 Å². The van der Waals surface area contributed by atoms with Crippen LogP contribution < -0.4 is 5.32 Å². The van der Waals surface area contributed by atoms with E-state index in [1.165, 1.54) is 0 Å². The van der Waals surface area contributed by atoms with Gasteiger partial charge in [0.15, 0.2) is 0 Å². The second-order valence-corrected chi connectivity index (χ2v) is 4.11. The Hall–Kier alpha value is -1.56. The molecule has 1 rings (SSSR count). The van der Waals surface area contributed by atoms with Gasteiger partial charge in [-0.3, -0.25) is 14.6 Å². The Bertz CT molecular complexity index is 395. The number of carboxylic acids is 1. The maximum Gasteiger partial charge on any atom is 0.313 e. The molecule has 0 aliphatic rings. The summed E-state index contributed by atoms with van der Waals surface area (Å²) in [5.41, 5.74) is 1.49. The summed E-state index contributed by atoms with van der Waals surface area (Å²) in [6, 6.07) is 3.44. The molecule has 6 heteroatoms. The van der Waals surface area contributed by atoms with E-state index in [0.717, 1.165) is 17.5 Å². The van der Waals surface area contributed by atoms with Gasteiger partial charge in [0.25, 0.3) is 0 Å². The largest absolute Gasteiger partial charge is 0.481 e. The van der Waals surface area contributed by atoms with Crippen LogP contribution in [0.2, 0.25) is 0 Å².